The fourth-order valence-corrected chi connectivity index (χ4v) is 5.43. The van der Waals surface area contributed by atoms with Crippen molar-refractivity contribution in [1.82, 2.24) is 5.32 Å². The van der Waals surface area contributed by atoms with Crippen molar-refractivity contribution in [2.75, 3.05) is 6.54 Å². The number of halogens is 3. The summed E-state index contributed by atoms with van der Waals surface area (Å²) in [6, 6.07) is 10.9. The molecule has 0 bridgehead atoms. The fourth-order valence-electron chi connectivity index (χ4n) is 2.01. The molecule has 2 aromatic rings. The van der Waals surface area contributed by atoms with Crippen LogP contribution in [0.4, 0.5) is 0 Å². The molecule has 1 aromatic heterocycles. The van der Waals surface area contributed by atoms with E-state index in [0.29, 0.717) is 6.04 Å². The predicted octanol–water partition coefficient (Wildman–Crippen LogP) is 5.93. The van der Waals surface area contributed by atoms with Crippen LogP contribution in [0.3, 0.4) is 0 Å². The highest BCUT2D eigenvalue weighted by Crippen LogP contribution is 2.37. The van der Waals surface area contributed by atoms with Gasteiger partial charge in [-0.3, -0.25) is 0 Å². The average molecular weight is 468 g/mol. The summed E-state index contributed by atoms with van der Waals surface area (Å²) in [5.74, 6) is 0. The summed E-state index contributed by atoms with van der Waals surface area (Å²) in [5.41, 5.74) is 2.64. The molecule has 0 aliphatic heterocycles. The molecule has 1 heterocycles. The van der Waals surface area contributed by atoms with Gasteiger partial charge in [0, 0.05) is 10.5 Å². The normalized spacial score (nSPS) is 12.6. The summed E-state index contributed by atoms with van der Waals surface area (Å²) >= 11 is 12.6. The molecule has 1 unspecified atom stereocenters. The number of benzene rings is 1. The van der Waals surface area contributed by atoms with Crippen LogP contribution >= 0.6 is 59.1 Å². The highest BCUT2D eigenvalue weighted by Gasteiger charge is 2.17. The van der Waals surface area contributed by atoms with Gasteiger partial charge < -0.3 is 5.32 Å². The minimum Gasteiger partial charge on any atom is -0.310 e. The Balaban J connectivity index is 2.26. The van der Waals surface area contributed by atoms with Crippen LogP contribution in [0.25, 0.3) is 0 Å². The van der Waals surface area contributed by atoms with Crippen LogP contribution in [0, 0.1) is 0 Å². The monoisotopic (exact) mass is 465 g/mol. The SMILES string of the molecule is CCNC(Cc1ccccc1Br)c1cc(Br)sc1Br. The number of hydrogen-bond donors (Lipinski definition) is 1. The first-order valence-corrected chi connectivity index (χ1v) is 9.23. The van der Waals surface area contributed by atoms with Crippen molar-refractivity contribution in [2.24, 2.45) is 0 Å². The van der Waals surface area contributed by atoms with Crippen molar-refractivity contribution in [3.63, 3.8) is 0 Å². The molecule has 1 nitrogen and oxygen atoms in total. The van der Waals surface area contributed by atoms with E-state index in [9.17, 15) is 0 Å². The van der Waals surface area contributed by atoms with Gasteiger partial charge >= 0.3 is 0 Å². The lowest BCUT2D eigenvalue weighted by molar-refractivity contribution is 0.549. The lowest BCUT2D eigenvalue weighted by Crippen LogP contribution is -2.23. The summed E-state index contributed by atoms with van der Waals surface area (Å²) in [6.45, 7) is 3.09. The zero-order chi connectivity index (χ0) is 13.8. The smallest absolute Gasteiger partial charge is 0.0758 e. The summed E-state index contributed by atoms with van der Waals surface area (Å²) < 4.78 is 3.52. The van der Waals surface area contributed by atoms with Gasteiger partial charge in [-0.05, 0) is 68.1 Å². The molecule has 0 aliphatic carbocycles. The van der Waals surface area contributed by atoms with Gasteiger partial charge in [0.15, 0.2) is 0 Å². The summed E-state index contributed by atoms with van der Waals surface area (Å²) in [6.07, 6.45) is 0.969. The van der Waals surface area contributed by atoms with Gasteiger partial charge in [0.25, 0.3) is 0 Å². The maximum absolute atomic E-state index is 3.66. The van der Waals surface area contributed by atoms with Crippen LogP contribution in [0.2, 0.25) is 0 Å². The molecule has 1 atom stereocenters. The van der Waals surface area contributed by atoms with Gasteiger partial charge in [-0.2, -0.15) is 0 Å². The maximum Gasteiger partial charge on any atom is 0.0758 e. The molecule has 0 fully saturated rings. The molecule has 2 rings (SSSR count). The number of hydrogen-bond acceptors (Lipinski definition) is 2. The van der Waals surface area contributed by atoms with E-state index in [1.165, 1.54) is 19.4 Å². The second-order valence-electron chi connectivity index (χ2n) is 4.19. The van der Waals surface area contributed by atoms with Gasteiger partial charge in [-0.15, -0.1) is 11.3 Å². The highest BCUT2D eigenvalue weighted by molar-refractivity contribution is 9.12. The summed E-state index contributed by atoms with van der Waals surface area (Å²) in [5, 5.41) is 3.56. The van der Waals surface area contributed by atoms with Gasteiger partial charge in [-0.1, -0.05) is 41.1 Å². The Hall–Kier alpha value is 0.320. The van der Waals surface area contributed by atoms with E-state index in [2.05, 4.69) is 84.3 Å². The first-order chi connectivity index (χ1) is 9.11. The van der Waals surface area contributed by atoms with E-state index in [0.717, 1.165) is 16.8 Å². The third-order valence-corrected chi connectivity index (χ3v) is 6.05. The van der Waals surface area contributed by atoms with Crippen LogP contribution in [0.1, 0.15) is 24.1 Å². The van der Waals surface area contributed by atoms with E-state index >= 15 is 0 Å². The van der Waals surface area contributed by atoms with E-state index < -0.39 is 0 Å². The molecule has 0 spiro atoms. The fraction of sp³-hybridized carbons (Fsp3) is 0.286. The molecule has 0 radical (unpaired) electrons. The predicted molar refractivity (Wildman–Crippen MR) is 94.0 cm³/mol. The van der Waals surface area contributed by atoms with Gasteiger partial charge in [0.05, 0.1) is 7.57 Å². The molecular formula is C14H14Br3NS. The molecule has 19 heavy (non-hydrogen) atoms. The second kappa shape index (κ2) is 7.36. The first-order valence-electron chi connectivity index (χ1n) is 6.03. The molecule has 0 saturated heterocycles. The Bertz CT molecular complexity index is 553. The van der Waals surface area contributed by atoms with Crippen molar-refractivity contribution in [1.29, 1.82) is 0 Å². The number of rotatable bonds is 5. The number of likely N-dealkylation sites (N-methyl/N-ethyl adjacent to an activating group) is 1. The van der Waals surface area contributed by atoms with Crippen LogP contribution in [0.5, 0.6) is 0 Å². The molecule has 102 valence electrons. The van der Waals surface area contributed by atoms with E-state index in [1.807, 2.05) is 6.07 Å². The van der Waals surface area contributed by atoms with Crippen LogP contribution in [0.15, 0.2) is 42.4 Å². The number of thiophene rings is 1. The molecule has 1 aromatic carbocycles. The van der Waals surface area contributed by atoms with Gasteiger partial charge in [0.2, 0.25) is 0 Å². The summed E-state index contributed by atoms with van der Waals surface area (Å²) in [7, 11) is 0. The standard InChI is InChI=1S/C14H14Br3NS/c1-2-18-12(10-8-13(16)19-14(10)17)7-9-5-3-4-6-11(9)15/h3-6,8,12,18H,2,7H2,1H3. The van der Waals surface area contributed by atoms with Crippen molar-refractivity contribution in [2.45, 2.75) is 19.4 Å². The molecule has 1 N–H and O–H groups in total. The van der Waals surface area contributed by atoms with Crippen LogP contribution in [-0.4, -0.2) is 6.54 Å². The molecular weight excluding hydrogens is 454 g/mol. The Morgan fingerprint density at radius 2 is 1.95 bits per heavy atom. The molecule has 0 aliphatic rings. The molecule has 5 heteroatoms. The molecule has 0 amide bonds. The average Bonchev–Trinajstić information content (AvgIpc) is 2.70. The topological polar surface area (TPSA) is 12.0 Å². The first kappa shape index (κ1) is 15.7. The number of nitrogens with one attached hydrogen (secondary N) is 1. The minimum atomic E-state index is 0.320. The Labute approximate surface area is 143 Å². The molecule has 0 saturated carbocycles. The summed E-state index contributed by atoms with van der Waals surface area (Å²) in [4.78, 5) is 0. The highest BCUT2D eigenvalue weighted by atomic mass is 79.9. The van der Waals surface area contributed by atoms with Crippen molar-refractivity contribution in [3.8, 4) is 0 Å². The minimum absolute atomic E-state index is 0.320. The Morgan fingerprint density at radius 3 is 2.53 bits per heavy atom. The Kier molecular flexibility index (Phi) is 6.09. The largest absolute Gasteiger partial charge is 0.310 e. The van der Waals surface area contributed by atoms with Crippen LogP contribution in [-0.2, 0) is 6.42 Å². The third kappa shape index (κ3) is 4.14. The maximum atomic E-state index is 3.66. The van der Waals surface area contributed by atoms with E-state index in [4.69, 9.17) is 0 Å². The van der Waals surface area contributed by atoms with Crippen molar-refractivity contribution in [3.05, 3.63) is 53.5 Å². The van der Waals surface area contributed by atoms with Crippen molar-refractivity contribution < 1.29 is 0 Å². The van der Waals surface area contributed by atoms with Gasteiger partial charge in [-0.25, -0.2) is 0 Å². The van der Waals surface area contributed by atoms with Crippen molar-refractivity contribution >= 4 is 59.1 Å². The zero-order valence-electron chi connectivity index (χ0n) is 10.4. The quantitative estimate of drug-likeness (QED) is 0.574. The lowest BCUT2D eigenvalue weighted by Gasteiger charge is -2.18. The third-order valence-electron chi connectivity index (χ3n) is 2.89. The van der Waals surface area contributed by atoms with E-state index in [1.54, 1.807) is 11.3 Å². The lowest BCUT2D eigenvalue weighted by atomic mass is 10.0. The van der Waals surface area contributed by atoms with Gasteiger partial charge in [0.1, 0.15) is 0 Å². The van der Waals surface area contributed by atoms with E-state index in [-0.39, 0.29) is 0 Å². The Morgan fingerprint density at radius 1 is 1.21 bits per heavy atom. The van der Waals surface area contributed by atoms with Crippen LogP contribution < -0.4 is 5.32 Å². The zero-order valence-corrected chi connectivity index (χ0v) is 16.0. The second-order valence-corrected chi connectivity index (χ2v) is 8.79.